The molecule has 0 radical (unpaired) electrons. The van der Waals surface area contributed by atoms with E-state index in [1.807, 2.05) is 35.2 Å². The van der Waals surface area contributed by atoms with Crippen LogP contribution in [0.15, 0.2) is 30.3 Å². The summed E-state index contributed by atoms with van der Waals surface area (Å²) in [4.78, 5) is 15.7. The summed E-state index contributed by atoms with van der Waals surface area (Å²) < 4.78 is 0. The summed E-state index contributed by atoms with van der Waals surface area (Å²) in [6.07, 6.45) is 2.11. The number of nitrogens with zero attached hydrogens (tertiary/aromatic N) is 5. The van der Waals surface area contributed by atoms with E-state index in [0.717, 1.165) is 44.6 Å². The summed E-state index contributed by atoms with van der Waals surface area (Å²) in [5.74, 6) is 1.28. The first-order valence-corrected chi connectivity index (χ1v) is 8.58. The van der Waals surface area contributed by atoms with E-state index >= 15 is 0 Å². The predicted octanol–water partition coefficient (Wildman–Crippen LogP) is 1.61. The van der Waals surface area contributed by atoms with Crippen LogP contribution in [0.25, 0.3) is 11.4 Å². The van der Waals surface area contributed by atoms with Crippen LogP contribution in [0.5, 0.6) is 0 Å². The van der Waals surface area contributed by atoms with E-state index < -0.39 is 0 Å². The van der Waals surface area contributed by atoms with E-state index in [-0.39, 0.29) is 24.9 Å². The maximum atomic E-state index is 12.4. The predicted molar refractivity (Wildman–Crippen MR) is 98.3 cm³/mol. The van der Waals surface area contributed by atoms with Crippen LogP contribution in [0.2, 0.25) is 0 Å². The van der Waals surface area contributed by atoms with Gasteiger partial charge in [0.2, 0.25) is 11.7 Å². The Bertz CT molecular complexity index is 654. The second kappa shape index (κ2) is 9.48. The molecule has 1 aromatic carbocycles. The SMILES string of the molecule is CCNCC1CCN(C(=O)Cn2nnc(-c3ccccc3)n2)CC1.Cl. The van der Waals surface area contributed by atoms with Gasteiger partial charge in [-0.25, -0.2) is 0 Å². The first kappa shape index (κ1) is 19.3. The van der Waals surface area contributed by atoms with E-state index in [1.54, 1.807) is 0 Å². The van der Waals surface area contributed by atoms with E-state index in [9.17, 15) is 4.79 Å². The van der Waals surface area contributed by atoms with Crippen LogP contribution in [0.4, 0.5) is 0 Å². The molecule has 0 bridgehead atoms. The van der Waals surface area contributed by atoms with Gasteiger partial charge >= 0.3 is 0 Å². The lowest BCUT2D eigenvalue weighted by atomic mass is 9.97. The zero-order valence-corrected chi connectivity index (χ0v) is 15.3. The van der Waals surface area contributed by atoms with Crippen LogP contribution in [0.1, 0.15) is 19.8 Å². The molecular weight excluding hydrogens is 340 g/mol. The Labute approximate surface area is 154 Å². The van der Waals surface area contributed by atoms with Crippen molar-refractivity contribution in [2.45, 2.75) is 26.3 Å². The lowest BCUT2D eigenvalue weighted by molar-refractivity contribution is -0.133. The number of piperidine rings is 1. The number of nitrogens with one attached hydrogen (secondary N) is 1. The minimum atomic E-state index is 0. The number of carbonyl (C=O) groups is 1. The third-order valence-electron chi connectivity index (χ3n) is 4.41. The van der Waals surface area contributed by atoms with Crippen LogP contribution in [-0.4, -0.2) is 57.2 Å². The van der Waals surface area contributed by atoms with Gasteiger partial charge in [-0.15, -0.1) is 22.6 Å². The average Bonchev–Trinajstić information content (AvgIpc) is 3.09. The number of carbonyl (C=O) groups excluding carboxylic acids is 1. The molecule has 2 aromatic rings. The molecule has 1 amide bonds. The summed E-state index contributed by atoms with van der Waals surface area (Å²) in [6, 6.07) is 9.66. The third kappa shape index (κ3) is 5.24. The topological polar surface area (TPSA) is 75.9 Å². The lowest BCUT2D eigenvalue weighted by Crippen LogP contribution is -2.42. The van der Waals surface area contributed by atoms with E-state index in [0.29, 0.717) is 11.7 Å². The van der Waals surface area contributed by atoms with Crippen molar-refractivity contribution in [3.8, 4) is 11.4 Å². The molecule has 3 rings (SSSR count). The zero-order valence-electron chi connectivity index (χ0n) is 14.5. The summed E-state index contributed by atoms with van der Waals surface area (Å²) in [7, 11) is 0. The lowest BCUT2D eigenvalue weighted by Gasteiger charge is -2.31. The maximum absolute atomic E-state index is 12.4. The molecular formula is C17H25ClN6O. The number of amides is 1. The van der Waals surface area contributed by atoms with Gasteiger partial charge < -0.3 is 10.2 Å². The second-order valence-electron chi connectivity index (χ2n) is 6.14. The summed E-state index contributed by atoms with van der Waals surface area (Å²) in [5, 5.41) is 15.7. The number of hydrogen-bond acceptors (Lipinski definition) is 5. The Balaban J connectivity index is 0.00000225. The molecule has 1 aliphatic heterocycles. The molecule has 1 N–H and O–H groups in total. The molecule has 1 aromatic heterocycles. The molecule has 1 aliphatic rings. The van der Waals surface area contributed by atoms with Gasteiger partial charge in [-0.05, 0) is 37.1 Å². The van der Waals surface area contributed by atoms with Crippen LogP contribution in [0.3, 0.4) is 0 Å². The number of likely N-dealkylation sites (tertiary alicyclic amines) is 1. The Hall–Kier alpha value is -1.99. The molecule has 1 saturated heterocycles. The number of hydrogen-bond donors (Lipinski definition) is 1. The molecule has 8 heteroatoms. The molecule has 2 heterocycles. The third-order valence-corrected chi connectivity index (χ3v) is 4.41. The molecule has 1 fully saturated rings. The van der Waals surface area contributed by atoms with Crippen LogP contribution in [-0.2, 0) is 11.3 Å². The van der Waals surface area contributed by atoms with Crippen molar-refractivity contribution in [1.82, 2.24) is 30.4 Å². The van der Waals surface area contributed by atoms with Crippen molar-refractivity contribution in [1.29, 1.82) is 0 Å². The molecule has 136 valence electrons. The first-order valence-electron chi connectivity index (χ1n) is 8.58. The van der Waals surface area contributed by atoms with E-state index in [2.05, 4.69) is 27.7 Å². The molecule has 0 unspecified atom stereocenters. The molecule has 0 atom stereocenters. The van der Waals surface area contributed by atoms with Crippen molar-refractivity contribution in [3.05, 3.63) is 30.3 Å². The van der Waals surface area contributed by atoms with Crippen molar-refractivity contribution >= 4 is 18.3 Å². The van der Waals surface area contributed by atoms with Crippen molar-refractivity contribution in [2.75, 3.05) is 26.2 Å². The van der Waals surface area contributed by atoms with Gasteiger partial charge in [0, 0.05) is 18.7 Å². The summed E-state index contributed by atoms with van der Waals surface area (Å²) in [6.45, 7) is 5.94. The maximum Gasteiger partial charge on any atom is 0.246 e. The molecule has 0 saturated carbocycles. The Morgan fingerprint density at radius 3 is 2.64 bits per heavy atom. The molecule has 25 heavy (non-hydrogen) atoms. The molecule has 7 nitrogen and oxygen atoms in total. The van der Waals surface area contributed by atoms with Gasteiger partial charge in [0.15, 0.2) is 0 Å². The number of benzene rings is 1. The van der Waals surface area contributed by atoms with Crippen molar-refractivity contribution in [2.24, 2.45) is 5.92 Å². The van der Waals surface area contributed by atoms with Gasteiger partial charge in [0.05, 0.1) is 0 Å². The largest absolute Gasteiger partial charge is 0.341 e. The first-order chi connectivity index (χ1) is 11.8. The Kier molecular flexibility index (Phi) is 7.33. The van der Waals surface area contributed by atoms with Gasteiger partial charge in [0.25, 0.3) is 0 Å². The summed E-state index contributed by atoms with van der Waals surface area (Å²) in [5.41, 5.74) is 0.903. The second-order valence-corrected chi connectivity index (χ2v) is 6.14. The monoisotopic (exact) mass is 364 g/mol. The average molecular weight is 365 g/mol. The van der Waals surface area contributed by atoms with Gasteiger partial charge in [-0.3, -0.25) is 4.79 Å². The highest BCUT2D eigenvalue weighted by molar-refractivity contribution is 5.85. The fourth-order valence-corrected chi connectivity index (χ4v) is 2.97. The number of rotatable bonds is 6. The van der Waals surface area contributed by atoms with Crippen molar-refractivity contribution in [3.63, 3.8) is 0 Å². The van der Waals surface area contributed by atoms with E-state index in [1.165, 1.54) is 4.80 Å². The summed E-state index contributed by atoms with van der Waals surface area (Å²) >= 11 is 0. The Morgan fingerprint density at radius 1 is 1.24 bits per heavy atom. The highest BCUT2D eigenvalue weighted by Crippen LogP contribution is 2.17. The number of tetrazole rings is 1. The van der Waals surface area contributed by atoms with E-state index in [4.69, 9.17) is 0 Å². The van der Waals surface area contributed by atoms with Crippen molar-refractivity contribution < 1.29 is 4.79 Å². The zero-order chi connectivity index (χ0) is 16.8. The fourth-order valence-electron chi connectivity index (χ4n) is 2.97. The number of aromatic nitrogens is 4. The normalized spacial score (nSPS) is 15.0. The van der Waals surface area contributed by atoms with Crippen LogP contribution >= 0.6 is 12.4 Å². The highest BCUT2D eigenvalue weighted by Gasteiger charge is 2.23. The fraction of sp³-hybridized carbons (Fsp3) is 0.529. The smallest absolute Gasteiger partial charge is 0.246 e. The van der Waals surface area contributed by atoms with Crippen LogP contribution in [0, 0.1) is 5.92 Å². The minimum Gasteiger partial charge on any atom is -0.341 e. The molecule has 0 spiro atoms. The number of halogens is 1. The standard InChI is InChI=1S/C17H24N6O.ClH/c1-2-18-12-14-8-10-22(11-9-14)16(24)13-23-20-17(19-21-23)15-6-4-3-5-7-15;/h3-7,14,18H,2,8-13H2,1H3;1H. The quantitative estimate of drug-likeness (QED) is 0.842. The molecule has 0 aliphatic carbocycles. The van der Waals surface area contributed by atoms with Crippen LogP contribution < -0.4 is 5.32 Å². The van der Waals surface area contributed by atoms with Gasteiger partial charge in [-0.1, -0.05) is 37.3 Å². The van der Waals surface area contributed by atoms with Gasteiger partial charge in [0.1, 0.15) is 6.54 Å². The van der Waals surface area contributed by atoms with Gasteiger partial charge in [-0.2, -0.15) is 4.80 Å². The highest BCUT2D eigenvalue weighted by atomic mass is 35.5. The minimum absolute atomic E-state index is 0. The Morgan fingerprint density at radius 2 is 1.96 bits per heavy atom.